The number of alkyl halides is 3. The smallest absolute Gasteiger partial charge is 0.416 e. The molecule has 0 amide bonds. The highest BCUT2D eigenvalue weighted by Crippen LogP contribution is 2.32. The van der Waals surface area contributed by atoms with Crippen LogP contribution in [-0.2, 0) is 10.9 Å². The summed E-state index contributed by atoms with van der Waals surface area (Å²) in [6, 6.07) is 11.4. The first-order valence-electron chi connectivity index (χ1n) is 7.48. The predicted octanol–water partition coefficient (Wildman–Crippen LogP) is 5.26. The molecule has 0 aliphatic heterocycles. The predicted molar refractivity (Wildman–Crippen MR) is 86.3 cm³/mol. The normalized spacial score (nSPS) is 11.4. The summed E-state index contributed by atoms with van der Waals surface area (Å²) in [5.74, 6) is -0.323. The molecule has 6 heteroatoms. The van der Waals surface area contributed by atoms with Gasteiger partial charge < -0.3 is 10.1 Å². The molecule has 2 aromatic carbocycles. The topological polar surface area (TPSA) is 38.3 Å². The number of halogens is 3. The van der Waals surface area contributed by atoms with Crippen molar-refractivity contribution < 1.29 is 22.7 Å². The number of para-hydroxylation sites is 1. The molecule has 128 valence electrons. The van der Waals surface area contributed by atoms with Gasteiger partial charge in [-0.3, -0.25) is 0 Å². The van der Waals surface area contributed by atoms with Crippen LogP contribution in [0.15, 0.2) is 48.5 Å². The SMILES string of the molecule is CC(C)COC(=O)c1ccccc1Nc1cccc(C(F)(F)F)c1. The number of carbonyl (C=O) groups is 1. The van der Waals surface area contributed by atoms with Crippen molar-refractivity contribution in [1.29, 1.82) is 0 Å². The van der Waals surface area contributed by atoms with Gasteiger partial charge in [0.25, 0.3) is 0 Å². The number of ether oxygens (including phenoxy) is 1. The molecule has 2 rings (SSSR count). The van der Waals surface area contributed by atoms with Crippen LogP contribution in [0.3, 0.4) is 0 Å². The number of rotatable bonds is 5. The number of esters is 1. The summed E-state index contributed by atoms with van der Waals surface area (Å²) in [6.45, 7) is 4.11. The van der Waals surface area contributed by atoms with Crippen LogP contribution in [-0.4, -0.2) is 12.6 Å². The van der Waals surface area contributed by atoms with Crippen molar-refractivity contribution in [3.8, 4) is 0 Å². The number of hydrogen-bond donors (Lipinski definition) is 1. The Morgan fingerprint density at radius 3 is 2.50 bits per heavy atom. The third kappa shape index (κ3) is 4.75. The van der Waals surface area contributed by atoms with Crippen LogP contribution in [0.25, 0.3) is 0 Å². The van der Waals surface area contributed by atoms with Crippen molar-refractivity contribution in [1.82, 2.24) is 0 Å². The Balaban J connectivity index is 2.23. The van der Waals surface area contributed by atoms with Gasteiger partial charge in [-0.15, -0.1) is 0 Å². The second-order valence-electron chi connectivity index (χ2n) is 5.74. The molecule has 0 radical (unpaired) electrons. The lowest BCUT2D eigenvalue weighted by atomic mass is 10.1. The van der Waals surface area contributed by atoms with Crippen molar-refractivity contribution >= 4 is 17.3 Å². The molecule has 3 nitrogen and oxygen atoms in total. The quantitative estimate of drug-likeness (QED) is 0.756. The molecule has 0 aliphatic carbocycles. The van der Waals surface area contributed by atoms with E-state index in [0.717, 1.165) is 12.1 Å². The molecule has 0 heterocycles. The minimum absolute atomic E-state index is 0.192. The Hall–Kier alpha value is -2.50. The summed E-state index contributed by atoms with van der Waals surface area (Å²) < 4.78 is 43.6. The first-order chi connectivity index (χ1) is 11.3. The van der Waals surface area contributed by atoms with Gasteiger partial charge in [-0.2, -0.15) is 13.2 Å². The average molecular weight is 337 g/mol. The molecule has 0 unspecified atom stereocenters. The second-order valence-corrected chi connectivity index (χ2v) is 5.74. The Morgan fingerprint density at radius 2 is 1.83 bits per heavy atom. The van der Waals surface area contributed by atoms with Gasteiger partial charge in [-0.05, 0) is 36.2 Å². The van der Waals surface area contributed by atoms with Crippen LogP contribution < -0.4 is 5.32 Å². The lowest BCUT2D eigenvalue weighted by molar-refractivity contribution is -0.137. The molecule has 0 saturated heterocycles. The third-order valence-electron chi connectivity index (χ3n) is 3.16. The number of hydrogen-bond acceptors (Lipinski definition) is 3. The summed E-state index contributed by atoms with van der Waals surface area (Å²) in [4.78, 5) is 12.1. The Labute approximate surface area is 138 Å². The fourth-order valence-corrected chi connectivity index (χ4v) is 2.02. The van der Waals surface area contributed by atoms with Gasteiger partial charge in [0.1, 0.15) is 0 Å². The van der Waals surface area contributed by atoms with Crippen LogP contribution in [0.1, 0.15) is 29.8 Å². The molecule has 0 saturated carbocycles. The molecular weight excluding hydrogens is 319 g/mol. The fraction of sp³-hybridized carbons (Fsp3) is 0.278. The van der Waals surface area contributed by atoms with E-state index < -0.39 is 17.7 Å². The van der Waals surface area contributed by atoms with Gasteiger partial charge >= 0.3 is 12.1 Å². The Morgan fingerprint density at radius 1 is 1.12 bits per heavy atom. The maximum Gasteiger partial charge on any atom is 0.416 e. The van der Waals surface area contributed by atoms with Crippen molar-refractivity contribution in [2.75, 3.05) is 11.9 Å². The van der Waals surface area contributed by atoms with Crippen LogP contribution in [0, 0.1) is 5.92 Å². The van der Waals surface area contributed by atoms with Gasteiger partial charge in [0.05, 0.1) is 23.4 Å². The molecule has 0 aromatic heterocycles. The van der Waals surface area contributed by atoms with Crippen molar-refractivity contribution in [3.63, 3.8) is 0 Å². The van der Waals surface area contributed by atoms with E-state index in [1.165, 1.54) is 12.1 Å². The highest BCUT2D eigenvalue weighted by molar-refractivity contribution is 5.96. The Bertz CT molecular complexity index is 711. The van der Waals surface area contributed by atoms with E-state index in [0.29, 0.717) is 5.69 Å². The zero-order valence-corrected chi connectivity index (χ0v) is 13.4. The summed E-state index contributed by atoms with van der Waals surface area (Å²) in [5.41, 5.74) is 0.155. The lowest BCUT2D eigenvalue weighted by Crippen LogP contribution is -2.12. The van der Waals surface area contributed by atoms with Gasteiger partial charge in [0.15, 0.2) is 0 Å². The molecule has 1 N–H and O–H groups in total. The maximum absolute atomic E-state index is 12.8. The van der Waals surface area contributed by atoms with Gasteiger partial charge in [-0.25, -0.2) is 4.79 Å². The van der Waals surface area contributed by atoms with Gasteiger partial charge in [0.2, 0.25) is 0 Å². The molecule has 0 bridgehead atoms. The minimum Gasteiger partial charge on any atom is -0.462 e. The van der Waals surface area contributed by atoms with Crippen molar-refractivity contribution in [2.45, 2.75) is 20.0 Å². The van der Waals surface area contributed by atoms with E-state index in [2.05, 4.69) is 5.32 Å². The van der Waals surface area contributed by atoms with Crippen LogP contribution >= 0.6 is 0 Å². The Kier molecular flexibility index (Phi) is 5.49. The standard InChI is InChI=1S/C18H18F3NO2/c1-12(2)11-24-17(23)15-8-3-4-9-16(15)22-14-7-5-6-13(10-14)18(19,20)21/h3-10,12,22H,11H2,1-2H3. The van der Waals surface area contributed by atoms with Crippen molar-refractivity contribution in [3.05, 3.63) is 59.7 Å². The highest BCUT2D eigenvalue weighted by atomic mass is 19.4. The molecular formula is C18H18F3NO2. The molecule has 0 aliphatic rings. The molecule has 0 spiro atoms. The van der Waals surface area contributed by atoms with E-state index in [1.807, 2.05) is 13.8 Å². The highest BCUT2D eigenvalue weighted by Gasteiger charge is 2.30. The molecule has 0 atom stereocenters. The number of carbonyl (C=O) groups excluding carboxylic acids is 1. The summed E-state index contributed by atoms with van der Waals surface area (Å²) >= 11 is 0. The first kappa shape index (κ1) is 17.8. The second kappa shape index (κ2) is 7.38. The number of benzene rings is 2. The maximum atomic E-state index is 12.8. The largest absolute Gasteiger partial charge is 0.462 e. The zero-order chi connectivity index (χ0) is 17.7. The van der Waals surface area contributed by atoms with Gasteiger partial charge in [-0.1, -0.05) is 32.0 Å². The van der Waals surface area contributed by atoms with E-state index in [1.54, 1.807) is 24.3 Å². The fourth-order valence-electron chi connectivity index (χ4n) is 2.02. The minimum atomic E-state index is -4.42. The molecule has 24 heavy (non-hydrogen) atoms. The molecule has 0 fully saturated rings. The van der Waals surface area contributed by atoms with Gasteiger partial charge in [0, 0.05) is 5.69 Å². The average Bonchev–Trinajstić information content (AvgIpc) is 2.52. The zero-order valence-electron chi connectivity index (χ0n) is 13.4. The lowest BCUT2D eigenvalue weighted by Gasteiger charge is -2.14. The van der Waals surface area contributed by atoms with Crippen LogP contribution in [0.5, 0.6) is 0 Å². The van der Waals surface area contributed by atoms with E-state index in [-0.39, 0.29) is 23.8 Å². The van der Waals surface area contributed by atoms with E-state index in [9.17, 15) is 18.0 Å². The number of anilines is 2. The summed E-state index contributed by atoms with van der Waals surface area (Å²) in [6.07, 6.45) is -4.42. The van der Waals surface area contributed by atoms with Crippen molar-refractivity contribution in [2.24, 2.45) is 5.92 Å². The van der Waals surface area contributed by atoms with E-state index >= 15 is 0 Å². The van der Waals surface area contributed by atoms with Crippen LogP contribution in [0.2, 0.25) is 0 Å². The van der Waals surface area contributed by atoms with Crippen LogP contribution in [0.4, 0.5) is 24.5 Å². The molecule has 2 aromatic rings. The third-order valence-corrected chi connectivity index (χ3v) is 3.16. The summed E-state index contributed by atoms with van der Waals surface area (Å²) in [5, 5.41) is 2.85. The first-order valence-corrected chi connectivity index (χ1v) is 7.48. The summed E-state index contributed by atoms with van der Waals surface area (Å²) in [7, 11) is 0. The number of nitrogens with one attached hydrogen (secondary N) is 1. The monoisotopic (exact) mass is 337 g/mol. The van der Waals surface area contributed by atoms with E-state index in [4.69, 9.17) is 4.74 Å².